The fourth-order valence-corrected chi connectivity index (χ4v) is 4.25. The Balaban J connectivity index is 2.33. The molecule has 2 aromatic carbocycles. The summed E-state index contributed by atoms with van der Waals surface area (Å²) in [6.07, 6.45) is 5.89. The number of hydrogen-bond donors (Lipinski definition) is 1. The number of aliphatic hydroxyl groups is 1. The van der Waals surface area contributed by atoms with Gasteiger partial charge >= 0.3 is 0 Å². The van der Waals surface area contributed by atoms with Crippen molar-refractivity contribution in [2.45, 2.75) is 91.1 Å². The second-order valence-electron chi connectivity index (χ2n) is 9.19. The fraction of sp³-hybridized carbons (Fsp3) is 0.500. The number of ether oxygens (including phenoxy) is 1. The van der Waals surface area contributed by atoms with Gasteiger partial charge in [0.05, 0.1) is 6.61 Å². The van der Waals surface area contributed by atoms with Crippen LogP contribution in [0.3, 0.4) is 0 Å². The highest BCUT2D eigenvalue weighted by molar-refractivity contribution is 5.50. The Hall–Kier alpha value is -2.57. The van der Waals surface area contributed by atoms with Gasteiger partial charge in [-0.1, -0.05) is 56.9 Å². The maximum atomic E-state index is 10.5. The Labute approximate surface area is 200 Å². The first-order chi connectivity index (χ1) is 15.7. The number of benzene rings is 2. The molecule has 1 atom stereocenters. The molecule has 3 heteroatoms. The van der Waals surface area contributed by atoms with Crippen LogP contribution in [0.1, 0.15) is 94.0 Å². The summed E-state index contributed by atoms with van der Waals surface area (Å²) in [6.45, 7) is 13.0. The van der Waals surface area contributed by atoms with Crippen molar-refractivity contribution >= 4 is 6.29 Å². The first kappa shape index (κ1) is 26.7. The van der Waals surface area contributed by atoms with Crippen molar-refractivity contribution in [2.75, 3.05) is 6.61 Å². The zero-order valence-corrected chi connectivity index (χ0v) is 21.3. The van der Waals surface area contributed by atoms with E-state index in [9.17, 15) is 9.90 Å². The number of rotatable bonds is 11. The molecule has 2 rings (SSSR count). The molecule has 0 fully saturated rings. The molecule has 0 heterocycles. The zero-order chi connectivity index (χ0) is 24.5. The summed E-state index contributed by atoms with van der Waals surface area (Å²) in [4.78, 5) is 10.5. The van der Waals surface area contributed by atoms with Crippen molar-refractivity contribution in [1.29, 1.82) is 0 Å². The van der Waals surface area contributed by atoms with E-state index < -0.39 is 5.60 Å². The van der Waals surface area contributed by atoms with Gasteiger partial charge in [0.2, 0.25) is 0 Å². The van der Waals surface area contributed by atoms with Crippen LogP contribution in [0.15, 0.2) is 36.4 Å². The third-order valence-electron chi connectivity index (χ3n) is 6.84. The van der Waals surface area contributed by atoms with E-state index in [0.717, 1.165) is 54.4 Å². The molecule has 0 saturated carbocycles. The van der Waals surface area contributed by atoms with Crippen LogP contribution in [0, 0.1) is 25.7 Å². The quantitative estimate of drug-likeness (QED) is 0.237. The molecule has 3 nitrogen and oxygen atoms in total. The summed E-state index contributed by atoms with van der Waals surface area (Å²) in [5, 5.41) is 10.2. The molecule has 1 N–H and O–H groups in total. The molecule has 2 aromatic rings. The molecule has 1 unspecified atom stereocenters. The van der Waals surface area contributed by atoms with E-state index >= 15 is 0 Å². The highest BCUT2D eigenvalue weighted by Gasteiger charge is 2.31. The smallest absolute Gasteiger partial charge is 0.122 e. The van der Waals surface area contributed by atoms with Crippen molar-refractivity contribution in [2.24, 2.45) is 0 Å². The average Bonchev–Trinajstić information content (AvgIpc) is 2.80. The average molecular weight is 449 g/mol. The van der Waals surface area contributed by atoms with Crippen LogP contribution in [0.2, 0.25) is 0 Å². The van der Waals surface area contributed by atoms with Crippen LogP contribution in [0.5, 0.6) is 5.75 Å². The van der Waals surface area contributed by atoms with E-state index in [1.807, 2.05) is 6.92 Å². The van der Waals surface area contributed by atoms with Crippen molar-refractivity contribution in [3.8, 4) is 17.6 Å². The van der Waals surface area contributed by atoms with Crippen LogP contribution in [-0.2, 0) is 10.2 Å². The van der Waals surface area contributed by atoms with E-state index in [1.54, 1.807) is 6.92 Å². The molecule has 0 saturated heterocycles. The summed E-state index contributed by atoms with van der Waals surface area (Å²) in [5.74, 6) is 7.08. The predicted molar refractivity (Wildman–Crippen MR) is 137 cm³/mol. The van der Waals surface area contributed by atoms with Gasteiger partial charge in [-0.25, -0.2) is 0 Å². The molecule has 178 valence electrons. The number of unbranched alkanes of at least 4 members (excludes halogenated alkanes) is 2. The second kappa shape index (κ2) is 12.1. The zero-order valence-electron chi connectivity index (χ0n) is 21.3. The van der Waals surface area contributed by atoms with Gasteiger partial charge in [0.15, 0.2) is 0 Å². The Morgan fingerprint density at radius 3 is 2.12 bits per heavy atom. The SMILES string of the molecule is CCC(C)(O)C#Cc1ccc(C(CC)(CC)c2ccc(OCCCCC=O)c(C)c2)cc1C. The van der Waals surface area contributed by atoms with E-state index in [-0.39, 0.29) is 5.41 Å². The second-order valence-corrected chi connectivity index (χ2v) is 9.19. The van der Waals surface area contributed by atoms with Crippen LogP contribution in [0.4, 0.5) is 0 Å². The lowest BCUT2D eigenvalue weighted by Crippen LogP contribution is -2.26. The monoisotopic (exact) mass is 448 g/mol. The first-order valence-corrected chi connectivity index (χ1v) is 12.3. The molecular weight excluding hydrogens is 408 g/mol. The lowest BCUT2D eigenvalue weighted by atomic mass is 9.70. The number of carbonyl (C=O) groups excluding carboxylic acids is 1. The minimum absolute atomic E-state index is 0.0844. The fourth-order valence-electron chi connectivity index (χ4n) is 4.25. The molecule has 0 spiro atoms. The third kappa shape index (κ3) is 6.71. The molecular formula is C30H40O3. The van der Waals surface area contributed by atoms with Gasteiger partial charge in [0.1, 0.15) is 17.6 Å². The number of aldehydes is 1. The van der Waals surface area contributed by atoms with Crippen molar-refractivity contribution < 1.29 is 14.6 Å². The lowest BCUT2D eigenvalue weighted by molar-refractivity contribution is -0.107. The maximum absolute atomic E-state index is 10.5. The van der Waals surface area contributed by atoms with Crippen LogP contribution in [-0.4, -0.2) is 23.6 Å². The minimum Gasteiger partial charge on any atom is -0.493 e. The van der Waals surface area contributed by atoms with Gasteiger partial charge in [0.25, 0.3) is 0 Å². The van der Waals surface area contributed by atoms with Gasteiger partial charge in [-0.15, -0.1) is 0 Å². The Kier molecular flexibility index (Phi) is 9.74. The van der Waals surface area contributed by atoms with E-state index in [1.165, 1.54) is 11.1 Å². The number of aryl methyl sites for hydroxylation is 2. The minimum atomic E-state index is -0.961. The molecule has 0 aliphatic carbocycles. The lowest BCUT2D eigenvalue weighted by Gasteiger charge is -2.34. The Bertz CT molecular complexity index is 987. The van der Waals surface area contributed by atoms with Gasteiger partial charge in [0, 0.05) is 17.4 Å². The number of hydrogen-bond acceptors (Lipinski definition) is 3. The van der Waals surface area contributed by atoms with Gasteiger partial charge in [-0.2, -0.15) is 0 Å². The largest absolute Gasteiger partial charge is 0.493 e. The third-order valence-corrected chi connectivity index (χ3v) is 6.84. The molecule has 0 aliphatic heterocycles. The van der Waals surface area contributed by atoms with Gasteiger partial charge in [-0.3, -0.25) is 0 Å². The van der Waals surface area contributed by atoms with Crippen molar-refractivity contribution in [3.05, 3.63) is 64.2 Å². The first-order valence-electron chi connectivity index (χ1n) is 12.3. The van der Waals surface area contributed by atoms with Gasteiger partial charge < -0.3 is 14.6 Å². The van der Waals surface area contributed by atoms with Gasteiger partial charge in [-0.05, 0) is 87.3 Å². The molecule has 0 aromatic heterocycles. The topological polar surface area (TPSA) is 46.5 Å². The maximum Gasteiger partial charge on any atom is 0.122 e. The highest BCUT2D eigenvalue weighted by Crippen LogP contribution is 2.40. The molecule has 0 amide bonds. The molecule has 0 aliphatic rings. The van der Waals surface area contributed by atoms with E-state index in [2.05, 4.69) is 75.9 Å². The summed E-state index contributed by atoms with van der Waals surface area (Å²) in [5.41, 5.74) is 4.77. The Morgan fingerprint density at radius 2 is 1.58 bits per heavy atom. The van der Waals surface area contributed by atoms with E-state index in [0.29, 0.717) is 19.4 Å². The van der Waals surface area contributed by atoms with Crippen molar-refractivity contribution in [3.63, 3.8) is 0 Å². The molecule has 33 heavy (non-hydrogen) atoms. The summed E-state index contributed by atoms with van der Waals surface area (Å²) in [6, 6.07) is 13.1. The van der Waals surface area contributed by atoms with Crippen LogP contribution < -0.4 is 4.74 Å². The normalized spacial score (nSPS) is 13.1. The summed E-state index contributed by atoms with van der Waals surface area (Å²) >= 11 is 0. The summed E-state index contributed by atoms with van der Waals surface area (Å²) < 4.78 is 5.97. The Morgan fingerprint density at radius 1 is 0.939 bits per heavy atom. The summed E-state index contributed by atoms with van der Waals surface area (Å²) in [7, 11) is 0. The number of carbonyl (C=O) groups is 1. The predicted octanol–water partition coefficient (Wildman–Crippen LogP) is 6.67. The molecule has 0 radical (unpaired) electrons. The molecule has 0 bridgehead atoms. The highest BCUT2D eigenvalue weighted by atomic mass is 16.5. The van der Waals surface area contributed by atoms with Crippen molar-refractivity contribution in [1.82, 2.24) is 0 Å². The van der Waals surface area contributed by atoms with Crippen LogP contribution in [0.25, 0.3) is 0 Å². The van der Waals surface area contributed by atoms with Crippen LogP contribution >= 0.6 is 0 Å². The van der Waals surface area contributed by atoms with E-state index in [4.69, 9.17) is 4.74 Å². The standard InChI is InChI=1S/C30H40O3/c1-7-29(6,32)18-17-25-13-14-26(21-23(25)4)30(8-2,9-3)27-15-16-28(24(5)22-27)33-20-12-10-11-19-31/h13-16,19,21-22,32H,7-12,20H2,1-6H3.